The molecule has 0 bridgehead atoms. The number of rotatable bonds is 5. The van der Waals surface area contributed by atoms with Gasteiger partial charge in [0, 0.05) is 30.4 Å². The number of piperazine rings is 1. The molecule has 1 aromatic rings. The highest BCUT2D eigenvalue weighted by Gasteiger charge is 2.15. The Bertz CT molecular complexity index is 540. The molecule has 0 saturated carbocycles. The van der Waals surface area contributed by atoms with Gasteiger partial charge in [-0.25, -0.2) is 0 Å². The largest absolute Gasteiger partial charge is 0.341 e. The quantitative estimate of drug-likeness (QED) is 0.574. The molecule has 0 radical (unpaired) electrons. The first-order valence-corrected chi connectivity index (χ1v) is 9.56. The van der Waals surface area contributed by atoms with E-state index in [1.807, 2.05) is 49.9 Å². The van der Waals surface area contributed by atoms with Crippen molar-refractivity contribution >= 4 is 17.9 Å². The summed E-state index contributed by atoms with van der Waals surface area (Å²) in [5, 5.41) is 4.09. The van der Waals surface area contributed by atoms with Crippen LogP contribution in [0.5, 0.6) is 0 Å². The Morgan fingerprint density at radius 1 is 1.32 bits per heavy atom. The summed E-state index contributed by atoms with van der Waals surface area (Å²) in [6.45, 7) is 14.6. The van der Waals surface area contributed by atoms with Gasteiger partial charge in [0.15, 0.2) is 6.29 Å². The molecule has 1 N–H and O–H groups in total. The number of halogens is 1. The average molecular weight is 365 g/mol. The van der Waals surface area contributed by atoms with Crippen LogP contribution in [-0.4, -0.2) is 30.8 Å². The third kappa shape index (κ3) is 8.89. The van der Waals surface area contributed by atoms with E-state index in [4.69, 9.17) is 11.6 Å². The zero-order valence-corrected chi connectivity index (χ0v) is 16.9. The second kappa shape index (κ2) is 14.7. The molecule has 0 unspecified atom stereocenters. The molecule has 1 aromatic carbocycles. The van der Waals surface area contributed by atoms with Crippen LogP contribution in [0.25, 0.3) is 0 Å². The number of hydrogen-bond donors (Lipinski definition) is 1. The molecule has 1 fully saturated rings. The molecule has 1 saturated heterocycles. The van der Waals surface area contributed by atoms with Crippen molar-refractivity contribution in [1.82, 2.24) is 10.2 Å². The van der Waals surface area contributed by atoms with E-state index in [1.165, 1.54) is 5.56 Å². The molecule has 0 atom stereocenters. The minimum absolute atomic E-state index is 0.744. The second-order valence-corrected chi connectivity index (χ2v) is 5.80. The summed E-state index contributed by atoms with van der Waals surface area (Å²) in [6.07, 6.45) is 5.96. The Morgan fingerprint density at radius 2 is 2.00 bits per heavy atom. The molecule has 25 heavy (non-hydrogen) atoms. The molecule has 0 amide bonds. The van der Waals surface area contributed by atoms with Crippen LogP contribution in [0.4, 0.5) is 0 Å². The number of aldehydes is 1. The first kappa shape index (κ1) is 23.4. The molecule has 1 aliphatic heterocycles. The number of benzene rings is 1. The van der Waals surface area contributed by atoms with Crippen LogP contribution in [0.3, 0.4) is 0 Å². The molecule has 3 nitrogen and oxygen atoms in total. The lowest BCUT2D eigenvalue weighted by Crippen LogP contribution is -2.41. The van der Waals surface area contributed by atoms with Crippen molar-refractivity contribution in [2.45, 2.75) is 47.0 Å². The van der Waals surface area contributed by atoms with E-state index in [0.717, 1.165) is 61.6 Å². The van der Waals surface area contributed by atoms with Crippen molar-refractivity contribution in [3.8, 4) is 0 Å². The van der Waals surface area contributed by atoms with Crippen LogP contribution < -0.4 is 5.32 Å². The van der Waals surface area contributed by atoms with E-state index in [9.17, 15) is 4.79 Å². The van der Waals surface area contributed by atoms with Gasteiger partial charge < -0.3 is 10.2 Å². The normalized spacial score (nSPS) is 14.0. The maximum atomic E-state index is 10.8. The lowest BCUT2D eigenvalue weighted by Gasteiger charge is -2.31. The first-order valence-electron chi connectivity index (χ1n) is 9.18. The number of nitrogens with one attached hydrogen (secondary N) is 1. The lowest BCUT2D eigenvalue weighted by atomic mass is 10.1. The van der Waals surface area contributed by atoms with Gasteiger partial charge in [-0.1, -0.05) is 76.6 Å². The molecule has 4 heteroatoms. The topological polar surface area (TPSA) is 32.3 Å². The van der Waals surface area contributed by atoms with Crippen LogP contribution >= 0.6 is 11.6 Å². The highest BCUT2D eigenvalue weighted by Crippen LogP contribution is 2.16. The van der Waals surface area contributed by atoms with Gasteiger partial charge in [-0.15, -0.1) is 0 Å². The Morgan fingerprint density at radius 3 is 2.52 bits per heavy atom. The number of hydrogen-bond acceptors (Lipinski definition) is 3. The van der Waals surface area contributed by atoms with Crippen LogP contribution in [0.1, 0.15) is 46.1 Å². The van der Waals surface area contributed by atoms with Crippen molar-refractivity contribution in [3.05, 3.63) is 58.9 Å². The minimum Gasteiger partial charge on any atom is -0.341 e. The van der Waals surface area contributed by atoms with Gasteiger partial charge in [0.25, 0.3) is 0 Å². The van der Waals surface area contributed by atoms with Crippen molar-refractivity contribution in [3.63, 3.8) is 0 Å². The zero-order valence-electron chi connectivity index (χ0n) is 16.1. The smallest absolute Gasteiger partial charge is 0.166 e. The van der Waals surface area contributed by atoms with Gasteiger partial charge in [0.05, 0.1) is 5.70 Å². The molecular formula is C21H33ClN2O. The van der Waals surface area contributed by atoms with Crippen molar-refractivity contribution in [1.29, 1.82) is 0 Å². The number of nitrogens with zero attached hydrogens (tertiary/aromatic N) is 1. The fourth-order valence-corrected chi connectivity index (χ4v) is 2.62. The molecule has 1 heterocycles. The second-order valence-electron chi connectivity index (χ2n) is 5.39. The summed E-state index contributed by atoms with van der Waals surface area (Å²) < 4.78 is 0. The molecule has 1 aliphatic rings. The Balaban J connectivity index is 0.000000430. The van der Waals surface area contributed by atoms with Crippen LogP contribution in [-0.2, 0) is 11.2 Å². The van der Waals surface area contributed by atoms with Crippen LogP contribution in [0.2, 0.25) is 5.02 Å². The monoisotopic (exact) mass is 364 g/mol. The number of carbonyl (C=O) groups excluding carboxylic acids is 1. The predicted molar refractivity (Wildman–Crippen MR) is 110 cm³/mol. The average Bonchev–Trinajstić information content (AvgIpc) is 2.65. The van der Waals surface area contributed by atoms with Crippen LogP contribution in [0, 0.1) is 0 Å². The maximum Gasteiger partial charge on any atom is 0.166 e. The van der Waals surface area contributed by atoms with E-state index < -0.39 is 0 Å². The molecule has 140 valence electrons. The van der Waals surface area contributed by atoms with Gasteiger partial charge >= 0.3 is 0 Å². The van der Waals surface area contributed by atoms with Gasteiger partial charge in [0.2, 0.25) is 0 Å². The Labute approximate surface area is 158 Å². The SMILES string of the molecule is C=C1CNCCN1/C(C=O)=C\CC.CC.CCCc1ccccc1Cl. The van der Waals surface area contributed by atoms with Crippen molar-refractivity contribution in [2.24, 2.45) is 0 Å². The molecule has 0 aliphatic carbocycles. The summed E-state index contributed by atoms with van der Waals surface area (Å²) in [5.41, 5.74) is 2.97. The zero-order chi connectivity index (χ0) is 19.1. The van der Waals surface area contributed by atoms with E-state index in [1.54, 1.807) is 0 Å². The Kier molecular flexibility index (Phi) is 13.8. The summed E-state index contributed by atoms with van der Waals surface area (Å²) >= 11 is 5.90. The van der Waals surface area contributed by atoms with E-state index in [0.29, 0.717) is 0 Å². The first-order chi connectivity index (χ1) is 12.1. The minimum atomic E-state index is 0.744. The van der Waals surface area contributed by atoms with E-state index >= 15 is 0 Å². The fourth-order valence-electron chi connectivity index (χ4n) is 2.39. The molecule has 0 spiro atoms. The fraction of sp³-hybridized carbons (Fsp3) is 0.476. The third-order valence-corrected chi connectivity index (χ3v) is 3.91. The van der Waals surface area contributed by atoms with E-state index in [-0.39, 0.29) is 0 Å². The maximum absolute atomic E-state index is 10.8. The van der Waals surface area contributed by atoms with Crippen molar-refractivity contribution < 1.29 is 4.79 Å². The summed E-state index contributed by atoms with van der Waals surface area (Å²) in [6, 6.07) is 8.00. The van der Waals surface area contributed by atoms with Crippen LogP contribution in [0.15, 0.2) is 48.3 Å². The summed E-state index contributed by atoms with van der Waals surface area (Å²) in [5.74, 6) is 0. The van der Waals surface area contributed by atoms with Gasteiger partial charge in [-0.05, 0) is 24.5 Å². The predicted octanol–water partition coefficient (Wildman–Crippen LogP) is 5.22. The lowest BCUT2D eigenvalue weighted by molar-refractivity contribution is -0.106. The Hall–Kier alpha value is -1.58. The number of allylic oxidation sites excluding steroid dienone is 2. The molecular weight excluding hydrogens is 332 g/mol. The highest BCUT2D eigenvalue weighted by molar-refractivity contribution is 6.31. The van der Waals surface area contributed by atoms with Gasteiger partial charge in [-0.2, -0.15) is 0 Å². The van der Waals surface area contributed by atoms with Crippen molar-refractivity contribution in [2.75, 3.05) is 19.6 Å². The molecule has 0 aromatic heterocycles. The van der Waals surface area contributed by atoms with E-state index in [2.05, 4.69) is 24.9 Å². The summed E-state index contributed by atoms with van der Waals surface area (Å²) in [7, 11) is 0. The highest BCUT2D eigenvalue weighted by atomic mass is 35.5. The number of aryl methyl sites for hydroxylation is 1. The molecule has 2 rings (SSSR count). The standard InChI is InChI=1S/C10H16N2O.C9H11Cl.C2H6/c1-3-4-10(8-13)12-6-5-11-7-9(12)2;1-2-5-8-6-3-4-7-9(8)10;1-2/h4,8,11H,2-3,5-7H2,1H3;3-4,6-7H,2,5H2,1H3;1-2H3/b10-4-;;. The van der Waals surface area contributed by atoms with Gasteiger partial charge in [0.1, 0.15) is 0 Å². The number of carbonyl (C=O) groups is 1. The summed E-state index contributed by atoms with van der Waals surface area (Å²) in [4.78, 5) is 12.7. The third-order valence-electron chi connectivity index (χ3n) is 3.55. The van der Waals surface area contributed by atoms with Gasteiger partial charge in [-0.3, -0.25) is 4.79 Å².